The molecule has 0 spiro atoms. The topological polar surface area (TPSA) is 65.7 Å². The van der Waals surface area contributed by atoms with Crippen LogP contribution in [-0.2, 0) is 16.1 Å². The Kier molecular flexibility index (Phi) is 5.28. The van der Waals surface area contributed by atoms with Crippen molar-refractivity contribution in [1.29, 1.82) is 0 Å². The molecule has 6 heteroatoms. The van der Waals surface area contributed by atoms with Crippen LogP contribution < -0.4 is 10.4 Å². The van der Waals surface area contributed by atoms with E-state index in [1.807, 2.05) is 25.1 Å². The molecule has 1 heterocycles. The summed E-state index contributed by atoms with van der Waals surface area (Å²) >= 11 is 6.16. The summed E-state index contributed by atoms with van der Waals surface area (Å²) in [7, 11) is 0. The number of fused-ring (bicyclic) bond motifs is 1. The van der Waals surface area contributed by atoms with Crippen molar-refractivity contribution in [1.82, 2.24) is 0 Å². The zero-order chi connectivity index (χ0) is 18.7. The number of hydrogen-bond donors (Lipinski definition) is 0. The molecular formula is C20H17ClO5. The predicted octanol–water partition coefficient (Wildman–Crippen LogP) is 4.27. The molecule has 3 aromatic rings. The maximum absolute atomic E-state index is 12.2. The number of hydrogen-bond acceptors (Lipinski definition) is 5. The lowest BCUT2D eigenvalue weighted by Gasteiger charge is -2.14. The van der Waals surface area contributed by atoms with Gasteiger partial charge in [-0.25, -0.2) is 9.59 Å². The summed E-state index contributed by atoms with van der Waals surface area (Å²) in [6, 6.07) is 13.7. The number of halogens is 1. The molecule has 5 nitrogen and oxygen atoms in total. The van der Waals surface area contributed by atoms with Crippen LogP contribution in [0.1, 0.15) is 18.1 Å². The van der Waals surface area contributed by atoms with Crippen LogP contribution in [-0.4, -0.2) is 12.1 Å². The fourth-order valence-corrected chi connectivity index (χ4v) is 2.65. The van der Waals surface area contributed by atoms with Gasteiger partial charge in [-0.3, -0.25) is 0 Å². The van der Waals surface area contributed by atoms with E-state index < -0.39 is 17.7 Å². The number of ether oxygens (including phenoxy) is 2. The average Bonchev–Trinajstić information content (AvgIpc) is 2.61. The van der Waals surface area contributed by atoms with Gasteiger partial charge in [-0.1, -0.05) is 29.8 Å². The van der Waals surface area contributed by atoms with Crippen LogP contribution in [0.3, 0.4) is 0 Å². The van der Waals surface area contributed by atoms with Gasteiger partial charge in [-0.15, -0.1) is 0 Å². The molecule has 3 rings (SSSR count). The molecule has 0 aliphatic rings. The third kappa shape index (κ3) is 4.06. The third-order valence-corrected chi connectivity index (χ3v) is 4.27. The van der Waals surface area contributed by atoms with Gasteiger partial charge < -0.3 is 13.9 Å². The van der Waals surface area contributed by atoms with E-state index in [0.717, 1.165) is 5.56 Å². The largest absolute Gasteiger partial charge is 0.479 e. The normalized spacial score (nSPS) is 12.0. The summed E-state index contributed by atoms with van der Waals surface area (Å²) in [6.45, 7) is 3.34. The molecule has 0 aliphatic carbocycles. The Morgan fingerprint density at radius 1 is 1.19 bits per heavy atom. The van der Waals surface area contributed by atoms with Crippen LogP contribution in [0, 0.1) is 6.92 Å². The SMILES string of the molecule is Cc1cc2oc(=O)cc(COC(=O)[C@H](C)Oc3ccccc3)c2cc1Cl. The van der Waals surface area contributed by atoms with E-state index in [1.54, 1.807) is 31.2 Å². The van der Waals surface area contributed by atoms with E-state index in [2.05, 4.69) is 0 Å². The van der Waals surface area contributed by atoms with Crippen LogP contribution in [0.25, 0.3) is 11.0 Å². The minimum atomic E-state index is -0.783. The molecule has 134 valence electrons. The van der Waals surface area contributed by atoms with E-state index in [-0.39, 0.29) is 6.61 Å². The van der Waals surface area contributed by atoms with Crippen LogP contribution >= 0.6 is 11.6 Å². The first-order valence-electron chi connectivity index (χ1n) is 8.05. The summed E-state index contributed by atoms with van der Waals surface area (Å²) in [5.74, 6) is 0.0402. The number of para-hydroxylation sites is 1. The van der Waals surface area contributed by atoms with Gasteiger partial charge in [0.2, 0.25) is 0 Å². The van der Waals surface area contributed by atoms with Gasteiger partial charge in [-0.2, -0.15) is 0 Å². The molecule has 2 aromatic carbocycles. The maximum atomic E-state index is 12.2. The van der Waals surface area contributed by atoms with Gasteiger partial charge in [0.25, 0.3) is 0 Å². The molecule has 26 heavy (non-hydrogen) atoms. The number of rotatable bonds is 5. The minimum absolute atomic E-state index is 0.0805. The molecule has 1 aromatic heterocycles. The second-order valence-electron chi connectivity index (χ2n) is 5.87. The number of carbonyl (C=O) groups is 1. The lowest BCUT2D eigenvalue weighted by Crippen LogP contribution is -2.26. The monoisotopic (exact) mass is 372 g/mol. The molecule has 0 unspecified atom stereocenters. The zero-order valence-corrected chi connectivity index (χ0v) is 15.1. The second-order valence-corrected chi connectivity index (χ2v) is 6.28. The van der Waals surface area contributed by atoms with Crippen molar-refractivity contribution in [3.63, 3.8) is 0 Å². The van der Waals surface area contributed by atoms with E-state index in [1.165, 1.54) is 6.07 Å². The fraction of sp³-hybridized carbons (Fsp3) is 0.200. The van der Waals surface area contributed by atoms with Crippen LogP contribution in [0.5, 0.6) is 5.75 Å². The van der Waals surface area contributed by atoms with E-state index in [4.69, 9.17) is 25.5 Å². The minimum Gasteiger partial charge on any atom is -0.479 e. The smallest absolute Gasteiger partial charge is 0.347 e. The van der Waals surface area contributed by atoms with Gasteiger partial charge in [0, 0.05) is 22.0 Å². The highest BCUT2D eigenvalue weighted by Crippen LogP contribution is 2.25. The Morgan fingerprint density at radius 3 is 2.65 bits per heavy atom. The van der Waals surface area contributed by atoms with Gasteiger partial charge in [0.1, 0.15) is 17.9 Å². The van der Waals surface area contributed by atoms with Crippen molar-refractivity contribution in [2.45, 2.75) is 26.6 Å². The van der Waals surface area contributed by atoms with Crippen molar-refractivity contribution in [2.75, 3.05) is 0 Å². The lowest BCUT2D eigenvalue weighted by molar-refractivity contribution is -0.152. The second kappa shape index (κ2) is 7.62. The summed E-state index contributed by atoms with van der Waals surface area (Å²) in [5.41, 5.74) is 1.21. The molecule has 0 amide bonds. The highest BCUT2D eigenvalue weighted by atomic mass is 35.5. The molecule has 0 saturated carbocycles. The van der Waals surface area contributed by atoms with Crippen molar-refractivity contribution < 1.29 is 18.7 Å². The molecular weight excluding hydrogens is 356 g/mol. The molecule has 0 bridgehead atoms. The third-order valence-electron chi connectivity index (χ3n) is 3.87. The quantitative estimate of drug-likeness (QED) is 0.494. The van der Waals surface area contributed by atoms with Gasteiger partial charge >= 0.3 is 11.6 Å². The number of aryl methyl sites for hydroxylation is 1. The van der Waals surface area contributed by atoms with Gasteiger partial charge in [0.15, 0.2) is 6.10 Å². The summed E-state index contributed by atoms with van der Waals surface area (Å²) in [6.07, 6.45) is -0.783. The molecule has 0 saturated heterocycles. The Morgan fingerprint density at radius 2 is 1.92 bits per heavy atom. The number of esters is 1. The molecule has 0 radical (unpaired) electrons. The van der Waals surface area contributed by atoms with Crippen molar-refractivity contribution in [3.8, 4) is 5.75 Å². The Hall–Kier alpha value is -2.79. The van der Waals surface area contributed by atoms with Gasteiger partial charge in [-0.05, 0) is 43.7 Å². The predicted molar refractivity (Wildman–Crippen MR) is 98.6 cm³/mol. The summed E-state index contributed by atoms with van der Waals surface area (Å²) in [5, 5.41) is 1.17. The lowest BCUT2D eigenvalue weighted by atomic mass is 10.1. The first-order chi connectivity index (χ1) is 12.4. The molecule has 0 N–H and O–H groups in total. The Bertz CT molecular complexity index is 994. The van der Waals surface area contributed by atoms with Crippen molar-refractivity contribution >= 4 is 28.5 Å². The first kappa shape index (κ1) is 18.0. The van der Waals surface area contributed by atoms with Gasteiger partial charge in [0.05, 0.1) is 0 Å². The van der Waals surface area contributed by atoms with E-state index >= 15 is 0 Å². The van der Waals surface area contributed by atoms with Crippen LogP contribution in [0.2, 0.25) is 5.02 Å². The van der Waals surface area contributed by atoms with Crippen molar-refractivity contribution in [3.05, 3.63) is 75.1 Å². The maximum Gasteiger partial charge on any atom is 0.347 e. The Labute approximate surface area is 155 Å². The highest BCUT2D eigenvalue weighted by Gasteiger charge is 2.17. The Balaban J connectivity index is 1.75. The zero-order valence-electron chi connectivity index (χ0n) is 14.3. The van der Waals surface area contributed by atoms with Crippen molar-refractivity contribution in [2.24, 2.45) is 0 Å². The van der Waals surface area contributed by atoms with E-state index in [0.29, 0.717) is 27.3 Å². The average molecular weight is 373 g/mol. The first-order valence-corrected chi connectivity index (χ1v) is 8.43. The fourth-order valence-electron chi connectivity index (χ4n) is 2.49. The molecule has 1 atom stereocenters. The molecule has 0 aliphatic heterocycles. The number of benzene rings is 2. The highest BCUT2D eigenvalue weighted by molar-refractivity contribution is 6.32. The molecule has 0 fully saturated rings. The summed E-state index contributed by atoms with van der Waals surface area (Å²) in [4.78, 5) is 23.9. The van der Waals surface area contributed by atoms with Crippen LogP contribution in [0.4, 0.5) is 0 Å². The summed E-state index contributed by atoms with van der Waals surface area (Å²) < 4.78 is 16.0. The van der Waals surface area contributed by atoms with Crippen LogP contribution in [0.15, 0.2) is 57.7 Å². The standard InChI is InChI=1S/C20H17ClO5/c1-12-8-18-16(10-17(12)21)14(9-19(22)26-18)11-24-20(23)13(2)25-15-6-4-3-5-7-15/h3-10,13H,11H2,1-2H3/t13-/m0/s1. The van der Waals surface area contributed by atoms with E-state index in [9.17, 15) is 9.59 Å². The number of carbonyl (C=O) groups excluding carboxylic acids is 1.